The molecule has 2 aliphatic heterocycles. The van der Waals surface area contributed by atoms with Gasteiger partial charge in [-0.2, -0.15) is 0 Å². The molecule has 0 unspecified atom stereocenters. The highest BCUT2D eigenvalue weighted by atomic mass is 32.1. The Bertz CT molecular complexity index is 377. The topological polar surface area (TPSA) is 51.6 Å². The van der Waals surface area contributed by atoms with Gasteiger partial charge in [-0.1, -0.05) is 0 Å². The van der Waals surface area contributed by atoms with Crippen LogP contribution in [0.15, 0.2) is 5.38 Å². The maximum Gasteiger partial charge on any atom is 0.106 e. The summed E-state index contributed by atoms with van der Waals surface area (Å²) in [5, 5.41) is 12.7. The Morgan fingerprint density at radius 2 is 2.12 bits per heavy atom. The van der Waals surface area contributed by atoms with Crippen molar-refractivity contribution in [3.8, 4) is 0 Å². The zero-order chi connectivity index (χ0) is 11.7. The zero-order valence-corrected chi connectivity index (χ0v) is 10.5. The van der Waals surface area contributed by atoms with Gasteiger partial charge in [-0.3, -0.25) is 0 Å². The molecule has 1 N–H and O–H groups in total. The highest BCUT2D eigenvalue weighted by Gasteiger charge is 2.42. The van der Waals surface area contributed by atoms with Crippen LogP contribution in [-0.4, -0.2) is 43.1 Å². The molecule has 3 heterocycles. The van der Waals surface area contributed by atoms with E-state index in [2.05, 4.69) is 5.38 Å². The van der Waals surface area contributed by atoms with E-state index in [0.717, 1.165) is 31.1 Å². The fourth-order valence-electron chi connectivity index (χ4n) is 2.34. The van der Waals surface area contributed by atoms with Crippen molar-refractivity contribution in [2.24, 2.45) is 0 Å². The molecule has 0 amide bonds. The summed E-state index contributed by atoms with van der Waals surface area (Å²) >= 11 is 1.66. The van der Waals surface area contributed by atoms with Crippen LogP contribution in [0.4, 0.5) is 0 Å². The van der Waals surface area contributed by atoms with Crippen molar-refractivity contribution in [1.82, 2.24) is 4.98 Å². The fraction of sp³-hybridized carbons (Fsp3) is 0.750. The van der Waals surface area contributed by atoms with Gasteiger partial charge < -0.3 is 14.6 Å². The first-order valence-corrected chi connectivity index (χ1v) is 6.94. The van der Waals surface area contributed by atoms with E-state index in [0.29, 0.717) is 19.1 Å². The molecule has 94 valence electrons. The predicted molar refractivity (Wildman–Crippen MR) is 64.5 cm³/mol. The van der Waals surface area contributed by atoms with Crippen molar-refractivity contribution in [3.05, 3.63) is 16.1 Å². The minimum atomic E-state index is -0.214. The van der Waals surface area contributed by atoms with Gasteiger partial charge in [-0.05, 0) is 12.8 Å². The van der Waals surface area contributed by atoms with Crippen molar-refractivity contribution < 1.29 is 14.6 Å². The maximum absolute atomic E-state index is 9.48. The van der Waals surface area contributed by atoms with Crippen molar-refractivity contribution in [2.45, 2.75) is 24.2 Å². The summed E-state index contributed by atoms with van der Waals surface area (Å²) in [5.41, 5.74) is 0.960. The standard InChI is InChI=1S/C12H17NO3S/c14-6-12(7-16-8-12)11-13-10(5-17-11)9-1-3-15-4-2-9/h5,9,14H,1-4,6-8H2. The van der Waals surface area contributed by atoms with E-state index in [1.807, 2.05) is 0 Å². The molecule has 0 aliphatic carbocycles. The summed E-state index contributed by atoms with van der Waals surface area (Å²) in [5.74, 6) is 0.533. The summed E-state index contributed by atoms with van der Waals surface area (Å²) < 4.78 is 10.6. The van der Waals surface area contributed by atoms with Gasteiger partial charge in [-0.25, -0.2) is 4.98 Å². The van der Waals surface area contributed by atoms with Crippen molar-refractivity contribution in [3.63, 3.8) is 0 Å². The van der Waals surface area contributed by atoms with Crippen LogP contribution >= 0.6 is 11.3 Å². The van der Waals surface area contributed by atoms with Crippen LogP contribution in [0.2, 0.25) is 0 Å². The Labute approximate surface area is 105 Å². The van der Waals surface area contributed by atoms with Gasteiger partial charge in [0.15, 0.2) is 0 Å². The van der Waals surface area contributed by atoms with Gasteiger partial charge in [0.2, 0.25) is 0 Å². The third-order valence-corrected chi connectivity index (χ3v) is 4.78. The van der Waals surface area contributed by atoms with Gasteiger partial charge in [-0.15, -0.1) is 11.3 Å². The number of aliphatic hydroxyl groups excluding tert-OH is 1. The van der Waals surface area contributed by atoms with E-state index < -0.39 is 0 Å². The summed E-state index contributed by atoms with van der Waals surface area (Å²) in [6.45, 7) is 3.01. The smallest absolute Gasteiger partial charge is 0.106 e. The molecule has 0 bridgehead atoms. The third-order valence-electron chi connectivity index (χ3n) is 3.67. The van der Waals surface area contributed by atoms with E-state index in [1.165, 1.54) is 5.69 Å². The van der Waals surface area contributed by atoms with Gasteiger partial charge in [0.25, 0.3) is 0 Å². The molecule has 2 aliphatic rings. The van der Waals surface area contributed by atoms with Gasteiger partial charge in [0.05, 0.1) is 30.9 Å². The van der Waals surface area contributed by atoms with Gasteiger partial charge >= 0.3 is 0 Å². The number of aliphatic hydroxyl groups is 1. The van der Waals surface area contributed by atoms with Crippen molar-refractivity contribution in [2.75, 3.05) is 33.0 Å². The molecule has 5 heteroatoms. The molecule has 2 saturated heterocycles. The normalized spacial score (nSPS) is 24.5. The third kappa shape index (κ3) is 2.01. The second-order valence-electron chi connectivity index (χ2n) is 4.90. The van der Waals surface area contributed by atoms with E-state index in [4.69, 9.17) is 14.5 Å². The lowest BCUT2D eigenvalue weighted by molar-refractivity contribution is -0.0842. The number of thiazole rings is 1. The first-order chi connectivity index (χ1) is 8.34. The quantitative estimate of drug-likeness (QED) is 0.884. The molecule has 0 radical (unpaired) electrons. The van der Waals surface area contributed by atoms with Gasteiger partial charge in [0, 0.05) is 24.5 Å². The van der Waals surface area contributed by atoms with Crippen molar-refractivity contribution in [1.29, 1.82) is 0 Å². The van der Waals surface area contributed by atoms with E-state index in [9.17, 15) is 5.11 Å². The SMILES string of the molecule is OCC1(c2nc(C3CCOCC3)cs2)COC1. The Balaban J connectivity index is 1.77. The second-order valence-corrected chi connectivity index (χ2v) is 5.75. The highest BCUT2D eigenvalue weighted by Crippen LogP contribution is 2.36. The molecule has 0 atom stereocenters. The Morgan fingerprint density at radius 3 is 2.71 bits per heavy atom. The Kier molecular flexibility index (Phi) is 3.17. The molecule has 1 aromatic heterocycles. The zero-order valence-electron chi connectivity index (χ0n) is 9.72. The molecular weight excluding hydrogens is 238 g/mol. The monoisotopic (exact) mass is 255 g/mol. The largest absolute Gasteiger partial charge is 0.395 e. The van der Waals surface area contributed by atoms with Crippen LogP contribution < -0.4 is 0 Å². The summed E-state index contributed by atoms with van der Waals surface area (Å²) in [4.78, 5) is 4.72. The van der Waals surface area contributed by atoms with Crippen molar-refractivity contribution >= 4 is 11.3 Å². The number of aromatic nitrogens is 1. The minimum absolute atomic E-state index is 0.133. The van der Waals surface area contributed by atoms with Crippen LogP contribution in [0.5, 0.6) is 0 Å². The predicted octanol–water partition coefficient (Wildman–Crippen LogP) is 1.30. The molecule has 2 fully saturated rings. The summed E-state index contributed by atoms with van der Waals surface area (Å²) in [7, 11) is 0. The number of nitrogens with zero attached hydrogens (tertiary/aromatic N) is 1. The highest BCUT2D eigenvalue weighted by molar-refractivity contribution is 7.09. The van der Waals surface area contributed by atoms with Crippen LogP contribution in [-0.2, 0) is 14.9 Å². The summed E-state index contributed by atoms with van der Waals surface area (Å²) in [6.07, 6.45) is 2.12. The molecule has 0 spiro atoms. The van der Waals surface area contributed by atoms with Crippen LogP contribution in [0.25, 0.3) is 0 Å². The number of rotatable bonds is 3. The average molecular weight is 255 g/mol. The number of ether oxygens (including phenoxy) is 2. The van der Waals surface area contributed by atoms with Crippen LogP contribution in [0.3, 0.4) is 0 Å². The minimum Gasteiger partial charge on any atom is -0.395 e. The lowest BCUT2D eigenvalue weighted by Crippen LogP contribution is -2.49. The summed E-state index contributed by atoms with van der Waals surface area (Å²) in [6, 6.07) is 0. The number of hydrogen-bond donors (Lipinski definition) is 1. The molecular formula is C12H17NO3S. The Hall–Kier alpha value is -0.490. The molecule has 3 rings (SSSR count). The first-order valence-electron chi connectivity index (χ1n) is 6.06. The molecule has 0 aromatic carbocycles. The average Bonchev–Trinajstić information content (AvgIpc) is 2.80. The molecule has 0 saturated carbocycles. The van der Waals surface area contributed by atoms with Gasteiger partial charge in [0.1, 0.15) is 5.01 Å². The Morgan fingerprint density at radius 1 is 1.35 bits per heavy atom. The van der Waals surface area contributed by atoms with E-state index >= 15 is 0 Å². The maximum atomic E-state index is 9.48. The lowest BCUT2D eigenvalue weighted by Gasteiger charge is -2.37. The molecule has 1 aromatic rings. The number of hydrogen-bond acceptors (Lipinski definition) is 5. The van der Waals surface area contributed by atoms with E-state index in [-0.39, 0.29) is 12.0 Å². The molecule has 4 nitrogen and oxygen atoms in total. The fourth-order valence-corrected chi connectivity index (χ4v) is 3.41. The van der Waals surface area contributed by atoms with Crippen LogP contribution in [0.1, 0.15) is 29.5 Å². The first kappa shape index (κ1) is 11.6. The second kappa shape index (κ2) is 4.65. The van der Waals surface area contributed by atoms with E-state index in [1.54, 1.807) is 11.3 Å². The molecule has 17 heavy (non-hydrogen) atoms. The lowest BCUT2D eigenvalue weighted by atomic mass is 9.88. The van der Waals surface area contributed by atoms with Crippen LogP contribution in [0, 0.1) is 0 Å².